The lowest BCUT2D eigenvalue weighted by atomic mass is 10.0. The van der Waals surface area contributed by atoms with E-state index >= 15 is 0 Å². The van der Waals surface area contributed by atoms with E-state index in [-0.39, 0.29) is 29.5 Å². The molecular formula is C35H38ClN3O5S2. The van der Waals surface area contributed by atoms with Gasteiger partial charge in [-0.25, -0.2) is 8.42 Å². The van der Waals surface area contributed by atoms with Crippen LogP contribution in [-0.4, -0.2) is 57.1 Å². The van der Waals surface area contributed by atoms with Gasteiger partial charge in [-0.1, -0.05) is 66.2 Å². The number of hydrogen-bond donors (Lipinski definition) is 1. The minimum absolute atomic E-state index is 0.0261. The summed E-state index contributed by atoms with van der Waals surface area (Å²) in [4.78, 5) is 30.6. The number of amides is 2. The van der Waals surface area contributed by atoms with Crippen molar-refractivity contribution in [3.63, 3.8) is 0 Å². The van der Waals surface area contributed by atoms with Gasteiger partial charge in [-0.3, -0.25) is 13.9 Å². The number of nitrogens with zero attached hydrogens (tertiary/aromatic N) is 2. The van der Waals surface area contributed by atoms with Gasteiger partial charge < -0.3 is 15.0 Å². The lowest BCUT2D eigenvalue weighted by Crippen LogP contribution is -2.53. The third-order valence-corrected chi connectivity index (χ3v) is 10.0. The van der Waals surface area contributed by atoms with Crippen LogP contribution in [0.25, 0.3) is 0 Å². The highest BCUT2D eigenvalue weighted by Gasteiger charge is 2.35. The zero-order valence-corrected chi connectivity index (χ0v) is 28.4. The van der Waals surface area contributed by atoms with Gasteiger partial charge in [0.15, 0.2) is 0 Å². The summed E-state index contributed by atoms with van der Waals surface area (Å²) in [5, 5.41) is 3.40. The second-order valence-electron chi connectivity index (χ2n) is 10.3. The number of benzene rings is 4. The first-order valence-corrected chi connectivity index (χ1v) is 18.0. The average molecular weight is 680 g/mol. The number of ether oxygens (including phenoxy) is 1. The van der Waals surface area contributed by atoms with Crippen molar-refractivity contribution < 1.29 is 22.7 Å². The van der Waals surface area contributed by atoms with Gasteiger partial charge in [0.05, 0.1) is 17.2 Å². The minimum Gasteiger partial charge on any atom is -0.492 e. The van der Waals surface area contributed by atoms with Crippen LogP contribution >= 0.6 is 23.4 Å². The Bertz CT molecular complexity index is 1700. The Morgan fingerprint density at radius 1 is 0.870 bits per heavy atom. The van der Waals surface area contributed by atoms with E-state index in [4.69, 9.17) is 16.3 Å². The van der Waals surface area contributed by atoms with Gasteiger partial charge in [-0.2, -0.15) is 0 Å². The van der Waals surface area contributed by atoms with E-state index in [9.17, 15) is 18.0 Å². The maximum atomic E-state index is 14.6. The molecule has 0 fully saturated rings. The molecule has 0 spiro atoms. The molecule has 11 heteroatoms. The van der Waals surface area contributed by atoms with Crippen molar-refractivity contribution in [3.8, 4) is 5.75 Å². The predicted octanol–water partition coefficient (Wildman–Crippen LogP) is 6.43. The smallest absolute Gasteiger partial charge is 0.264 e. The lowest BCUT2D eigenvalue weighted by molar-refractivity contribution is -0.140. The molecule has 8 nitrogen and oxygen atoms in total. The van der Waals surface area contributed by atoms with Crippen LogP contribution in [0.15, 0.2) is 113 Å². The molecule has 1 N–H and O–H groups in total. The molecule has 46 heavy (non-hydrogen) atoms. The molecule has 0 aliphatic rings. The fourth-order valence-electron chi connectivity index (χ4n) is 4.96. The number of sulfonamides is 1. The quantitative estimate of drug-likeness (QED) is 0.146. The van der Waals surface area contributed by atoms with Gasteiger partial charge in [-0.05, 0) is 79.8 Å². The van der Waals surface area contributed by atoms with E-state index < -0.39 is 28.5 Å². The number of rotatable bonds is 15. The Hall–Kier alpha value is -3.99. The normalized spacial score (nSPS) is 11.8. The van der Waals surface area contributed by atoms with Crippen molar-refractivity contribution in [2.45, 2.75) is 42.6 Å². The van der Waals surface area contributed by atoms with E-state index in [1.54, 1.807) is 67.6 Å². The Kier molecular flexibility index (Phi) is 12.5. The van der Waals surface area contributed by atoms with Gasteiger partial charge in [0.2, 0.25) is 11.8 Å². The summed E-state index contributed by atoms with van der Waals surface area (Å²) in [6.45, 7) is 3.74. The number of carbonyl (C=O) groups excluding carboxylic acids is 2. The molecule has 0 saturated carbocycles. The number of thioether (sulfide) groups is 1. The summed E-state index contributed by atoms with van der Waals surface area (Å²) in [6, 6.07) is 28.7. The monoisotopic (exact) mass is 679 g/mol. The van der Waals surface area contributed by atoms with Crippen molar-refractivity contribution in [1.29, 1.82) is 0 Å². The van der Waals surface area contributed by atoms with Gasteiger partial charge in [0.25, 0.3) is 10.0 Å². The summed E-state index contributed by atoms with van der Waals surface area (Å²) in [5.41, 5.74) is 1.81. The van der Waals surface area contributed by atoms with Gasteiger partial charge >= 0.3 is 0 Å². The SMILES string of the molecule is CCNC(=O)[C@@H](Cc1ccccc1)N(Cc1ccc(Cl)cc1)C(=O)CN(c1ccccc1OCC)S(=O)(=O)c1ccc(SC)cc1. The summed E-state index contributed by atoms with van der Waals surface area (Å²) >= 11 is 7.64. The van der Waals surface area contributed by atoms with Crippen molar-refractivity contribution >= 4 is 50.9 Å². The van der Waals surface area contributed by atoms with Crippen molar-refractivity contribution in [2.24, 2.45) is 0 Å². The van der Waals surface area contributed by atoms with Crippen LogP contribution in [0.1, 0.15) is 25.0 Å². The highest BCUT2D eigenvalue weighted by molar-refractivity contribution is 7.98. The van der Waals surface area contributed by atoms with E-state index in [1.807, 2.05) is 43.5 Å². The van der Waals surface area contributed by atoms with Crippen LogP contribution < -0.4 is 14.4 Å². The highest BCUT2D eigenvalue weighted by Crippen LogP contribution is 2.33. The van der Waals surface area contributed by atoms with Gasteiger partial charge in [-0.15, -0.1) is 11.8 Å². The Morgan fingerprint density at radius 2 is 1.52 bits per heavy atom. The first-order valence-electron chi connectivity index (χ1n) is 14.9. The second kappa shape index (κ2) is 16.5. The third kappa shape index (κ3) is 8.84. The number of likely N-dealkylation sites (N-methyl/N-ethyl adjacent to an activating group) is 1. The maximum absolute atomic E-state index is 14.6. The fourth-order valence-corrected chi connectivity index (χ4v) is 6.92. The average Bonchev–Trinajstić information content (AvgIpc) is 3.07. The van der Waals surface area contributed by atoms with Crippen LogP contribution in [0, 0.1) is 0 Å². The molecule has 0 radical (unpaired) electrons. The number of halogens is 1. The van der Waals surface area contributed by atoms with Gasteiger partial charge in [0.1, 0.15) is 18.3 Å². The first kappa shape index (κ1) is 34.9. The summed E-state index contributed by atoms with van der Waals surface area (Å²) < 4.78 is 35.6. The molecule has 0 aliphatic heterocycles. The standard InChI is InChI=1S/C35H38ClN3O5S2/c1-4-37-35(41)32(23-26-11-7-6-8-12-26)38(24-27-15-17-28(36)18-16-27)34(40)25-39(31-13-9-10-14-33(31)44-5-2)46(42,43)30-21-19-29(45-3)20-22-30/h6-22,32H,4-5,23-25H2,1-3H3,(H,37,41)/t32-/m1/s1. The third-order valence-electron chi connectivity index (χ3n) is 7.25. The Morgan fingerprint density at radius 3 is 2.15 bits per heavy atom. The van der Waals surface area contributed by atoms with Crippen LogP contribution in [-0.2, 0) is 32.6 Å². The van der Waals surface area contributed by atoms with E-state index in [0.717, 1.165) is 20.3 Å². The molecule has 2 amide bonds. The topological polar surface area (TPSA) is 96.0 Å². The van der Waals surface area contributed by atoms with E-state index in [2.05, 4.69) is 5.32 Å². The summed E-state index contributed by atoms with van der Waals surface area (Å²) in [5.74, 6) is -0.584. The lowest BCUT2D eigenvalue weighted by Gasteiger charge is -2.34. The van der Waals surface area contributed by atoms with Crippen molar-refractivity contribution in [2.75, 3.05) is 30.3 Å². The number of anilines is 1. The predicted molar refractivity (Wildman–Crippen MR) is 185 cm³/mol. The number of nitrogens with one attached hydrogen (secondary N) is 1. The molecule has 0 saturated heterocycles. The first-order chi connectivity index (χ1) is 22.2. The second-order valence-corrected chi connectivity index (χ2v) is 13.5. The molecule has 0 aromatic heterocycles. The van der Waals surface area contributed by atoms with Crippen molar-refractivity contribution in [3.05, 3.63) is 119 Å². The molecule has 242 valence electrons. The van der Waals surface area contributed by atoms with Crippen LogP contribution in [0.5, 0.6) is 5.75 Å². The van der Waals surface area contributed by atoms with Crippen LogP contribution in [0.3, 0.4) is 0 Å². The molecule has 1 atom stereocenters. The number of hydrogen-bond acceptors (Lipinski definition) is 6. The minimum atomic E-state index is -4.26. The molecule has 0 heterocycles. The maximum Gasteiger partial charge on any atom is 0.264 e. The zero-order valence-electron chi connectivity index (χ0n) is 26.1. The summed E-state index contributed by atoms with van der Waals surface area (Å²) in [7, 11) is -4.26. The van der Waals surface area contributed by atoms with E-state index in [0.29, 0.717) is 23.9 Å². The largest absolute Gasteiger partial charge is 0.492 e. The molecule has 4 aromatic rings. The van der Waals surface area contributed by atoms with Crippen LogP contribution in [0.2, 0.25) is 5.02 Å². The fraction of sp³-hybridized carbons (Fsp3) is 0.257. The molecule has 0 bridgehead atoms. The molecule has 4 rings (SSSR count). The van der Waals surface area contributed by atoms with Crippen molar-refractivity contribution in [1.82, 2.24) is 10.2 Å². The van der Waals surface area contributed by atoms with Gasteiger partial charge in [0, 0.05) is 29.4 Å². The zero-order chi connectivity index (χ0) is 33.1. The van der Waals surface area contributed by atoms with E-state index in [1.165, 1.54) is 28.8 Å². The van der Waals surface area contributed by atoms with Crippen LogP contribution in [0.4, 0.5) is 5.69 Å². The molecule has 4 aromatic carbocycles. The summed E-state index contributed by atoms with van der Waals surface area (Å²) in [6.07, 6.45) is 2.13. The molecular weight excluding hydrogens is 642 g/mol. The number of carbonyl (C=O) groups is 2. The molecule has 0 unspecified atom stereocenters. The highest BCUT2D eigenvalue weighted by atomic mass is 35.5. The molecule has 0 aliphatic carbocycles. The Labute approximate surface area is 280 Å². The number of para-hydroxylation sites is 2. The Balaban J connectivity index is 1.82.